The molecule has 5 heteroatoms. The number of hydrogen-bond acceptors (Lipinski definition) is 3. The van der Waals surface area contributed by atoms with E-state index >= 15 is 0 Å². The Hall–Kier alpha value is -2.30. The molecule has 0 aliphatic heterocycles. The lowest BCUT2D eigenvalue weighted by atomic mass is 9.87. The van der Waals surface area contributed by atoms with E-state index < -0.39 is 0 Å². The highest BCUT2D eigenvalue weighted by atomic mass is 19.1. The molecule has 4 nitrogen and oxygen atoms in total. The summed E-state index contributed by atoms with van der Waals surface area (Å²) in [6.45, 7) is 2.44. The van der Waals surface area contributed by atoms with Gasteiger partial charge in [-0.2, -0.15) is 0 Å². The van der Waals surface area contributed by atoms with Crippen molar-refractivity contribution >= 4 is 5.91 Å². The van der Waals surface area contributed by atoms with Crippen LogP contribution < -0.4 is 10.1 Å². The van der Waals surface area contributed by atoms with Crippen LogP contribution in [-0.2, 0) is 6.61 Å². The van der Waals surface area contributed by atoms with Gasteiger partial charge < -0.3 is 14.5 Å². The van der Waals surface area contributed by atoms with Gasteiger partial charge in [-0.25, -0.2) is 4.39 Å². The van der Waals surface area contributed by atoms with Gasteiger partial charge in [0.05, 0.1) is 0 Å². The maximum Gasteiger partial charge on any atom is 0.287 e. The fourth-order valence-electron chi connectivity index (χ4n) is 2.92. The molecule has 24 heavy (non-hydrogen) atoms. The van der Waals surface area contributed by atoms with Gasteiger partial charge in [-0.1, -0.05) is 6.92 Å². The van der Waals surface area contributed by atoms with Crippen LogP contribution in [0, 0.1) is 11.7 Å². The van der Waals surface area contributed by atoms with Crippen molar-refractivity contribution in [2.45, 2.75) is 45.3 Å². The fourth-order valence-corrected chi connectivity index (χ4v) is 2.92. The highest BCUT2D eigenvalue weighted by molar-refractivity contribution is 5.91. The van der Waals surface area contributed by atoms with Crippen LogP contribution in [0.4, 0.5) is 4.39 Å². The molecule has 1 aromatic carbocycles. The summed E-state index contributed by atoms with van der Waals surface area (Å²) >= 11 is 0. The summed E-state index contributed by atoms with van der Waals surface area (Å²) in [5, 5.41) is 3.03. The Bertz CT molecular complexity index is 672. The lowest BCUT2D eigenvalue weighted by Gasteiger charge is -2.26. The van der Waals surface area contributed by atoms with Gasteiger partial charge in [-0.15, -0.1) is 0 Å². The molecule has 2 aromatic rings. The van der Waals surface area contributed by atoms with E-state index in [4.69, 9.17) is 9.15 Å². The predicted molar refractivity (Wildman–Crippen MR) is 88.3 cm³/mol. The molecule has 1 aliphatic rings. The molecule has 3 rings (SSSR count). The Morgan fingerprint density at radius 2 is 1.88 bits per heavy atom. The van der Waals surface area contributed by atoms with E-state index in [0.717, 1.165) is 31.6 Å². The first-order chi connectivity index (χ1) is 11.6. The first-order valence-electron chi connectivity index (χ1n) is 8.38. The van der Waals surface area contributed by atoms with E-state index in [2.05, 4.69) is 12.2 Å². The van der Waals surface area contributed by atoms with E-state index in [1.54, 1.807) is 24.3 Å². The van der Waals surface area contributed by atoms with Crippen molar-refractivity contribution < 1.29 is 18.3 Å². The Kier molecular flexibility index (Phi) is 5.18. The number of rotatable bonds is 5. The monoisotopic (exact) mass is 331 g/mol. The quantitative estimate of drug-likeness (QED) is 0.888. The van der Waals surface area contributed by atoms with Crippen LogP contribution in [0.25, 0.3) is 0 Å². The molecule has 0 spiro atoms. The molecule has 0 radical (unpaired) electrons. The zero-order chi connectivity index (χ0) is 16.9. The van der Waals surface area contributed by atoms with E-state index in [-0.39, 0.29) is 24.4 Å². The second-order valence-electron chi connectivity index (χ2n) is 6.44. The highest BCUT2D eigenvalue weighted by Gasteiger charge is 2.21. The van der Waals surface area contributed by atoms with Crippen molar-refractivity contribution in [2.75, 3.05) is 0 Å². The van der Waals surface area contributed by atoms with Crippen LogP contribution in [0.2, 0.25) is 0 Å². The molecule has 1 aromatic heterocycles. The van der Waals surface area contributed by atoms with Crippen LogP contribution in [0.3, 0.4) is 0 Å². The molecule has 1 heterocycles. The standard InChI is InChI=1S/C19H22FNO3/c1-13-2-6-15(7-3-13)21-19(22)18-11-10-17(24-18)12-23-16-8-4-14(20)5-9-16/h4-5,8-11,13,15H,2-3,6-7,12H2,1H3,(H,21,22). The van der Waals surface area contributed by atoms with Gasteiger partial charge >= 0.3 is 0 Å². The number of nitrogens with one attached hydrogen (secondary N) is 1. The average molecular weight is 331 g/mol. The maximum atomic E-state index is 12.8. The number of hydrogen-bond donors (Lipinski definition) is 1. The molecule has 1 saturated carbocycles. The Morgan fingerprint density at radius 3 is 2.58 bits per heavy atom. The third-order valence-electron chi connectivity index (χ3n) is 4.43. The second kappa shape index (κ2) is 7.51. The summed E-state index contributed by atoms with van der Waals surface area (Å²) in [6.07, 6.45) is 4.35. The Balaban J connectivity index is 1.51. The molecule has 1 fully saturated rings. The number of halogens is 1. The zero-order valence-electron chi connectivity index (χ0n) is 13.8. The van der Waals surface area contributed by atoms with Crippen LogP contribution in [0.15, 0.2) is 40.8 Å². The summed E-state index contributed by atoms with van der Waals surface area (Å²) in [4.78, 5) is 12.2. The average Bonchev–Trinajstić information content (AvgIpc) is 3.06. The normalized spacial score (nSPS) is 20.6. The van der Waals surface area contributed by atoms with E-state index in [1.165, 1.54) is 12.1 Å². The minimum Gasteiger partial charge on any atom is -0.486 e. The van der Waals surface area contributed by atoms with Crippen LogP contribution in [0.1, 0.15) is 48.9 Å². The molecule has 1 amide bonds. The molecule has 0 saturated heterocycles. The fraction of sp³-hybridized carbons (Fsp3) is 0.421. The van der Waals surface area contributed by atoms with E-state index in [9.17, 15) is 9.18 Å². The van der Waals surface area contributed by atoms with Gasteiger partial charge in [0, 0.05) is 6.04 Å². The topological polar surface area (TPSA) is 51.5 Å². The second-order valence-corrected chi connectivity index (χ2v) is 6.44. The summed E-state index contributed by atoms with van der Waals surface area (Å²) in [5.74, 6) is 1.67. The van der Waals surface area contributed by atoms with Crippen LogP contribution in [0.5, 0.6) is 5.75 Å². The molecule has 0 atom stereocenters. The van der Waals surface area contributed by atoms with Crippen molar-refractivity contribution in [3.05, 3.63) is 53.7 Å². The van der Waals surface area contributed by atoms with Crippen molar-refractivity contribution in [3.63, 3.8) is 0 Å². The number of carbonyl (C=O) groups excluding carboxylic acids is 1. The Labute approximate surface area is 141 Å². The first kappa shape index (κ1) is 16.6. The molecule has 1 aliphatic carbocycles. The van der Waals surface area contributed by atoms with E-state index in [0.29, 0.717) is 17.3 Å². The van der Waals surface area contributed by atoms with Crippen molar-refractivity contribution in [2.24, 2.45) is 5.92 Å². The molecule has 1 N–H and O–H groups in total. The number of carbonyl (C=O) groups is 1. The van der Waals surface area contributed by atoms with Crippen LogP contribution in [-0.4, -0.2) is 11.9 Å². The summed E-state index contributed by atoms with van der Waals surface area (Å²) in [5.41, 5.74) is 0. The predicted octanol–water partition coefficient (Wildman–Crippen LogP) is 4.31. The summed E-state index contributed by atoms with van der Waals surface area (Å²) < 4.78 is 23.9. The number of amides is 1. The van der Waals surface area contributed by atoms with Gasteiger partial charge in [0.25, 0.3) is 5.91 Å². The van der Waals surface area contributed by atoms with Crippen molar-refractivity contribution in [3.8, 4) is 5.75 Å². The number of ether oxygens (including phenoxy) is 1. The molecular formula is C19H22FNO3. The largest absolute Gasteiger partial charge is 0.486 e. The number of furan rings is 1. The third-order valence-corrected chi connectivity index (χ3v) is 4.43. The first-order valence-corrected chi connectivity index (χ1v) is 8.38. The minimum atomic E-state index is -0.309. The smallest absolute Gasteiger partial charge is 0.287 e. The van der Waals surface area contributed by atoms with Crippen molar-refractivity contribution in [1.29, 1.82) is 0 Å². The van der Waals surface area contributed by atoms with E-state index in [1.807, 2.05) is 0 Å². The lowest BCUT2D eigenvalue weighted by molar-refractivity contribution is 0.0890. The SMILES string of the molecule is CC1CCC(NC(=O)c2ccc(COc3ccc(F)cc3)o2)CC1. The third kappa shape index (κ3) is 4.37. The molecule has 128 valence electrons. The van der Waals surface area contributed by atoms with Gasteiger partial charge in [0.2, 0.25) is 0 Å². The van der Waals surface area contributed by atoms with Crippen molar-refractivity contribution in [1.82, 2.24) is 5.32 Å². The number of benzene rings is 1. The molecule has 0 unspecified atom stereocenters. The molecule has 0 bridgehead atoms. The minimum absolute atomic E-state index is 0.178. The Morgan fingerprint density at radius 1 is 1.17 bits per heavy atom. The highest BCUT2D eigenvalue weighted by Crippen LogP contribution is 2.24. The van der Waals surface area contributed by atoms with Crippen LogP contribution >= 0.6 is 0 Å². The zero-order valence-corrected chi connectivity index (χ0v) is 13.8. The summed E-state index contributed by atoms with van der Waals surface area (Å²) in [7, 11) is 0. The van der Waals surface area contributed by atoms with Gasteiger partial charge in [0.1, 0.15) is 23.9 Å². The van der Waals surface area contributed by atoms with Gasteiger partial charge in [0.15, 0.2) is 5.76 Å². The summed E-state index contributed by atoms with van der Waals surface area (Å²) in [6, 6.07) is 9.39. The molecular weight excluding hydrogens is 309 g/mol. The maximum absolute atomic E-state index is 12.8. The lowest BCUT2D eigenvalue weighted by Crippen LogP contribution is -2.37. The van der Waals surface area contributed by atoms with Gasteiger partial charge in [-0.05, 0) is 68.0 Å². The van der Waals surface area contributed by atoms with Gasteiger partial charge in [-0.3, -0.25) is 4.79 Å².